The van der Waals surface area contributed by atoms with Gasteiger partial charge in [0.15, 0.2) is 4.80 Å². The second-order valence-electron chi connectivity index (χ2n) is 10.4. The molecule has 0 bridgehead atoms. The molecule has 5 aromatic rings. The number of hydrogen-bond acceptors (Lipinski definition) is 5. The summed E-state index contributed by atoms with van der Waals surface area (Å²) in [7, 11) is 1.60. The van der Waals surface area contributed by atoms with Crippen molar-refractivity contribution in [2.75, 3.05) is 12.4 Å². The number of allylic oxidation sites excluding steroid dienone is 1. The molecule has 6 rings (SSSR count). The van der Waals surface area contributed by atoms with Crippen molar-refractivity contribution in [2.24, 2.45) is 4.99 Å². The first kappa shape index (κ1) is 29.7. The van der Waals surface area contributed by atoms with Crippen molar-refractivity contribution in [3.8, 4) is 11.4 Å². The quantitative estimate of drug-likeness (QED) is 0.227. The fourth-order valence-corrected chi connectivity index (χ4v) is 6.86. The Morgan fingerprint density at radius 1 is 0.977 bits per heavy atom. The highest BCUT2D eigenvalue weighted by Gasteiger charge is 2.32. The number of carbonyl (C=O) groups is 1. The monoisotopic (exact) mass is 642 g/mol. The number of aryl methyl sites for hydroxylation is 1. The van der Waals surface area contributed by atoms with E-state index in [0.29, 0.717) is 42.1 Å². The Bertz CT molecular complexity index is 2130. The predicted molar refractivity (Wildman–Crippen MR) is 177 cm³/mol. The lowest BCUT2D eigenvalue weighted by Crippen LogP contribution is -2.40. The zero-order chi connectivity index (χ0) is 31.1. The summed E-state index contributed by atoms with van der Waals surface area (Å²) in [6.45, 7) is 5.80. The van der Waals surface area contributed by atoms with Gasteiger partial charge in [0.25, 0.3) is 11.5 Å². The maximum atomic E-state index is 14.2. The Kier molecular flexibility index (Phi) is 8.07. The van der Waals surface area contributed by atoms with Crippen molar-refractivity contribution in [3.63, 3.8) is 0 Å². The minimum absolute atomic E-state index is 0.230. The summed E-state index contributed by atoms with van der Waals surface area (Å²) in [5.74, 6) is 0.354. The van der Waals surface area contributed by atoms with Crippen molar-refractivity contribution in [1.82, 2.24) is 9.13 Å². The van der Waals surface area contributed by atoms with Crippen LogP contribution in [0.5, 0.6) is 5.75 Å². The lowest BCUT2D eigenvalue weighted by atomic mass is 9.95. The van der Waals surface area contributed by atoms with Crippen LogP contribution in [0.4, 0.5) is 5.69 Å². The highest BCUT2D eigenvalue weighted by Crippen LogP contribution is 2.32. The average molecular weight is 644 g/mol. The fraction of sp³-hybridized carbons (Fsp3) is 0.147. The molecule has 0 saturated carbocycles. The van der Waals surface area contributed by atoms with E-state index in [-0.39, 0.29) is 11.5 Å². The molecule has 44 heavy (non-hydrogen) atoms. The molecule has 0 saturated heterocycles. The van der Waals surface area contributed by atoms with Crippen LogP contribution in [0.25, 0.3) is 11.8 Å². The number of benzene rings is 3. The number of nitrogens with zero attached hydrogens (tertiary/aromatic N) is 3. The first-order valence-electron chi connectivity index (χ1n) is 13.8. The number of rotatable bonds is 6. The Balaban J connectivity index is 1.49. The zero-order valence-electron chi connectivity index (χ0n) is 24.4. The number of methoxy groups -OCH3 is 1. The summed E-state index contributed by atoms with van der Waals surface area (Å²) in [4.78, 5) is 33.2. The standard InChI is InChI=1S/C34H28Cl2N4O3S/c1-19-16-23(21(3)39(19)25-12-15-27(35)28(36)18-25)17-29-33(42)40-31(22-10-13-26(43-4)14-11-22)30(20(2)37-34(40)44-29)32(41)38-24-8-6-5-7-9-24/h5-18,31H,1-4H3,(H,38,41)/b29-17+/t31-/m0/s1. The van der Waals surface area contributed by atoms with Crippen LogP contribution in [-0.4, -0.2) is 22.2 Å². The molecular weight excluding hydrogens is 615 g/mol. The van der Waals surface area contributed by atoms with Crippen LogP contribution in [0.3, 0.4) is 0 Å². The summed E-state index contributed by atoms with van der Waals surface area (Å²) >= 11 is 13.8. The van der Waals surface area contributed by atoms with E-state index in [2.05, 4.69) is 9.88 Å². The predicted octanol–water partition coefficient (Wildman–Crippen LogP) is 6.60. The smallest absolute Gasteiger partial charge is 0.271 e. The minimum atomic E-state index is -0.688. The van der Waals surface area contributed by atoms with E-state index in [1.807, 2.05) is 92.7 Å². The van der Waals surface area contributed by atoms with Crippen LogP contribution in [0.15, 0.2) is 99.9 Å². The maximum Gasteiger partial charge on any atom is 0.271 e. The van der Waals surface area contributed by atoms with E-state index in [0.717, 1.165) is 28.2 Å². The third-order valence-electron chi connectivity index (χ3n) is 7.65. The third kappa shape index (κ3) is 5.41. The van der Waals surface area contributed by atoms with Crippen molar-refractivity contribution in [3.05, 3.63) is 142 Å². The lowest BCUT2D eigenvalue weighted by molar-refractivity contribution is -0.113. The SMILES string of the molecule is COc1ccc([C@H]2C(C(=O)Nc3ccccc3)=C(C)N=c3s/c(=C/c4cc(C)n(-c5ccc(Cl)c(Cl)c5)c4C)c(=O)n32)cc1. The molecule has 10 heteroatoms. The number of thiazole rings is 1. The van der Waals surface area contributed by atoms with Crippen LogP contribution in [0, 0.1) is 13.8 Å². The van der Waals surface area contributed by atoms with Gasteiger partial charge in [-0.15, -0.1) is 0 Å². The molecule has 222 valence electrons. The Labute approximate surface area is 268 Å². The molecule has 1 amide bonds. The van der Waals surface area contributed by atoms with Crippen LogP contribution in [0.1, 0.15) is 35.5 Å². The minimum Gasteiger partial charge on any atom is -0.497 e. The number of para-hydroxylation sites is 1. The van der Waals surface area contributed by atoms with Gasteiger partial charge in [0.1, 0.15) is 5.75 Å². The van der Waals surface area contributed by atoms with Crippen LogP contribution >= 0.6 is 34.5 Å². The van der Waals surface area contributed by atoms with Crippen LogP contribution in [0.2, 0.25) is 10.0 Å². The molecule has 0 aliphatic carbocycles. The Morgan fingerprint density at radius 2 is 1.70 bits per heavy atom. The second kappa shape index (κ2) is 12.0. The van der Waals surface area contributed by atoms with Gasteiger partial charge >= 0.3 is 0 Å². The number of anilines is 1. The number of aromatic nitrogens is 2. The molecule has 1 aliphatic heterocycles. The Hall–Kier alpha value is -4.37. The summed E-state index contributed by atoms with van der Waals surface area (Å²) in [6.07, 6.45) is 1.88. The molecule has 1 aliphatic rings. The van der Waals surface area contributed by atoms with Gasteiger partial charge in [-0.25, -0.2) is 4.99 Å². The number of amides is 1. The molecule has 0 radical (unpaired) electrons. The van der Waals surface area contributed by atoms with Crippen molar-refractivity contribution in [1.29, 1.82) is 0 Å². The highest BCUT2D eigenvalue weighted by atomic mass is 35.5. The van der Waals surface area contributed by atoms with E-state index in [9.17, 15) is 9.59 Å². The number of nitrogens with one attached hydrogen (secondary N) is 1. The molecule has 0 unspecified atom stereocenters. The van der Waals surface area contributed by atoms with Crippen molar-refractivity contribution >= 4 is 52.2 Å². The summed E-state index contributed by atoms with van der Waals surface area (Å²) in [5, 5.41) is 3.93. The van der Waals surface area contributed by atoms with Gasteiger partial charge in [0, 0.05) is 22.8 Å². The second-order valence-corrected chi connectivity index (χ2v) is 12.3. The van der Waals surface area contributed by atoms with Crippen LogP contribution in [-0.2, 0) is 4.79 Å². The van der Waals surface area contributed by atoms with Gasteiger partial charge < -0.3 is 14.6 Å². The van der Waals surface area contributed by atoms with Gasteiger partial charge in [-0.2, -0.15) is 0 Å². The first-order valence-corrected chi connectivity index (χ1v) is 15.4. The van der Waals surface area contributed by atoms with Gasteiger partial charge in [0.05, 0.1) is 39.0 Å². The molecule has 3 aromatic carbocycles. The fourth-order valence-electron chi connectivity index (χ4n) is 5.53. The molecule has 0 spiro atoms. The highest BCUT2D eigenvalue weighted by molar-refractivity contribution is 7.07. The van der Waals surface area contributed by atoms with Gasteiger partial charge in [-0.1, -0.05) is 64.9 Å². The summed E-state index contributed by atoms with van der Waals surface area (Å²) < 4.78 is 9.56. The Morgan fingerprint density at radius 3 is 2.39 bits per heavy atom. The molecule has 1 N–H and O–H groups in total. The summed E-state index contributed by atoms with van der Waals surface area (Å²) in [5.41, 5.74) is 5.82. The van der Waals surface area contributed by atoms with E-state index in [1.54, 1.807) is 24.7 Å². The van der Waals surface area contributed by atoms with Gasteiger partial charge in [-0.3, -0.25) is 14.2 Å². The number of ether oxygens (including phenoxy) is 1. The molecule has 2 aromatic heterocycles. The molecule has 7 nitrogen and oxygen atoms in total. The normalized spacial score (nSPS) is 14.8. The summed E-state index contributed by atoms with van der Waals surface area (Å²) in [6, 6.07) is 23.5. The van der Waals surface area contributed by atoms with Crippen molar-refractivity contribution < 1.29 is 9.53 Å². The molecular formula is C34H28Cl2N4O3S. The number of fused-ring (bicyclic) bond motifs is 1. The number of halogens is 2. The number of carbonyl (C=O) groups excluding carboxylic acids is 1. The zero-order valence-corrected chi connectivity index (χ0v) is 26.7. The van der Waals surface area contributed by atoms with E-state index < -0.39 is 6.04 Å². The third-order valence-corrected chi connectivity index (χ3v) is 9.37. The number of hydrogen-bond donors (Lipinski definition) is 1. The van der Waals surface area contributed by atoms with Crippen molar-refractivity contribution in [2.45, 2.75) is 26.8 Å². The largest absolute Gasteiger partial charge is 0.497 e. The van der Waals surface area contributed by atoms with E-state index in [4.69, 9.17) is 32.9 Å². The molecule has 3 heterocycles. The van der Waals surface area contributed by atoms with Crippen LogP contribution < -0.4 is 24.9 Å². The molecule has 1 atom stereocenters. The first-order chi connectivity index (χ1) is 21.2. The molecule has 0 fully saturated rings. The maximum absolute atomic E-state index is 14.2. The lowest BCUT2D eigenvalue weighted by Gasteiger charge is -2.25. The van der Waals surface area contributed by atoms with E-state index >= 15 is 0 Å². The average Bonchev–Trinajstić information content (AvgIpc) is 3.47. The van der Waals surface area contributed by atoms with Gasteiger partial charge in [0.2, 0.25) is 0 Å². The topological polar surface area (TPSA) is 77.6 Å². The van der Waals surface area contributed by atoms with E-state index in [1.165, 1.54) is 11.3 Å². The van der Waals surface area contributed by atoms with Gasteiger partial charge in [-0.05, 0) is 86.5 Å².